The predicted octanol–water partition coefficient (Wildman–Crippen LogP) is 5.21. The van der Waals surface area contributed by atoms with Crippen LogP contribution in [0.2, 0.25) is 0 Å². The third kappa shape index (κ3) is 2.99. The Labute approximate surface area is 146 Å². The second kappa shape index (κ2) is 6.18. The summed E-state index contributed by atoms with van der Waals surface area (Å²) in [6.45, 7) is 0. The van der Waals surface area contributed by atoms with Crippen molar-refractivity contribution in [3.05, 3.63) is 78.8 Å². The van der Waals surface area contributed by atoms with Gasteiger partial charge in [-0.15, -0.1) is 0 Å². The fraction of sp³-hybridized carbons (Fsp3) is 0.0526. The highest BCUT2D eigenvalue weighted by molar-refractivity contribution is 5.67. The lowest BCUT2D eigenvalue weighted by molar-refractivity contribution is -0.137. The average molecular weight is 355 g/mol. The molecule has 3 heterocycles. The summed E-state index contributed by atoms with van der Waals surface area (Å²) in [6.07, 6.45) is 0.457. The Morgan fingerprint density at radius 3 is 2.27 bits per heavy atom. The van der Waals surface area contributed by atoms with Crippen molar-refractivity contribution in [2.75, 3.05) is 0 Å². The van der Waals surface area contributed by atoms with Crippen molar-refractivity contribution in [3.63, 3.8) is 0 Å². The quantitative estimate of drug-likeness (QED) is 0.506. The summed E-state index contributed by atoms with van der Waals surface area (Å²) < 4.78 is 45.4. The van der Waals surface area contributed by atoms with Crippen molar-refractivity contribution in [1.82, 2.24) is 14.8 Å². The van der Waals surface area contributed by atoms with Gasteiger partial charge in [-0.1, -0.05) is 0 Å². The van der Waals surface area contributed by atoms with E-state index in [4.69, 9.17) is 4.42 Å². The first-order valence-corrected chi connectivity index (χ1v) is 7.74. The summed E-state index contributed by atoms with van der Waals surface area (Å²) in [4.78, 5) is 3.98. The van der Waals surface area contributed by atoms with Crippen molar-refractivity contribution >= 4 is 0 Å². The van der Waals surface area contributed by atoms with Crippen LogP contribution < -0.4 is 0 Å². The van der Waals surface area contributed by atoms with Gasteiger partial charge in [0.15, 0.2) is 5.76 Å². The number of nitrogens with zero attached hydrogens (tertiary/aromatic N) is 3. The van der Waals surface area contributed by atoms with Crippen LogP contribution in [0.5, 0.6) is 0 Å². The molecular formula is C19H12F3N3O. The van der Waals surface area contributed by atoms with Gasteiger partial charge in [0, 0.05) is 18.0 Å². The first-order valence-electron chi connectivity index (χ1n) is 7.74. The lowest BCUT2D eigenvalue weighted by Crippen LogP contribution is -2.05. The van der Waals surface area contributed by atoms with Crippen LogP contribution in [0.15, 0.2) is 77.7 Å². The molecule has 0 atom stereocenters. The minimum absolute atomic E-state index is 0.504. The molecule has 4 aromatic rings. The molecule has 0 aliphatic carbocycles. The molecule has 0 saturated heterocycles. The monoisotopic (exact) mass is 355 g/mol. The van der Waals surface area contributed by atoms with Gasteiger partial charge in [-0.3, -0.25) is 4.98 Å². The van der Waals surface area contributed by atoms with Crippen LogP contribution in [0.4, 0.5) is 13.2 Å². The molecule has 0 radical (unpaired) electrons. The summed E-state index contributed by atoms with van der Waals surface area (Å²) in [5, 5.41) is 4.55. The second-order valence-corrected chi connectivity index (χ2v) is 5.58. The first-order chi connectivity index (χ1) is 12.5. The molecule has 3 aromatic heterocycles. The average Bonchev–Trinajstić information content (AvgIpc) is 3.31. The number of pyridine rings is 1. The topological polar surface area (TPSA) is 43.9 Å². The van der Waals surface area contributed by atoms with Gasteiger partial charge in [0.1, 0.15) is 5.69 Å². The first kappa shape index (κ1) is 16.1. The smallest absolute Gasteiger partial charge is 0.416 e. The summed E-state index contributed by atoms with van der Waals surface area (Å²) >= 11 is 0. The number of halogens is 3. The number of hydrogen-bond acceptors (Lipinski definition) is 3. The van der Waals surface area contributed by atoms with Gasteiger partial charge in [0.2, 0.25) is 0 Å². The van der Waals surface area contributed by atoms with Gasteiger partial charge in [-0.2, -0.15) is 18.3 Å². The fourth-order valence-corrected chi connectivity index (χ4v) is 2.63. The van der Waals surface area contributed by atoms with E-state index < -0.39 is 11.7 Å². The van der Waals surface area contributed by atoms with Gasteiger partial charge < -0.3 is 4.42 Å². The van der Waals surface area contributed by atoms with E-state index in [1.54, 1.807) is 29.2 Å². The molecule has 0 saturated carbocycles. The molecule has 26 heavy (non-hydrogen) atoms. The van der Waals surface area contributed by atoms with Crippen LogP contribution in [0, 0.1) is 0 Å². The largest absolute Gasteiger partial charge is 0.463 e. The molecular weight excluding hydrogens is 343 g/mol. The molecule has 130 valence electrons. The van der Waals surface area contributed by atoms with Crippen LogP contribution >= 0.6 is 0 Å². The zero-order valence-corrected chi connectivity index (χ0v) is 13.3. The maximum Gasteiger partial charge on any atom is 0.416 e. The number of hydrogen-bond donors (Lipinski definition) is 0. The number of alkyl halides is 3. The van der Waals surface area contributed by atoms with Crippen molar-refractivity contribution in [2.45, 2.75) is 6.18 Å². The van der Waals surface area contributed by atoms with E-state index in [9.17, 15) is 13.2 Å². The van der Waals surface area contributed by atoms with E-state index in [1.165, 1.54) is 18.4 Å². The fourth-order valence-electron chi connectivity index (χ4n) is 2.63. The molecule has 0 amide bonds. The highest BCUT2D eigenvalue weighted by Gasteiger charge is 2.30. The molecule has 0 unspecified atom stereocenters. The van der Waals surface area contributed by atoms with Gasteiger partial charge in [-0.25, -0.2) is 4.68 Å². The van der Waals surface area contributed by atoms with E-state index in [0.717, 1.165) is 17.7 Å². The zero-order valence-electron chi connectivity index (χ0n) is 13.3. The summed E-state index contributed by atoms with van der Waals surface area (Å²) in [7, 11) is 0. The molecule has 0 fully saturated rings. The van der Waals surface area contributed by atoms with Crippen molar-refractivity contribution in [2.24, 2.45) is 0 Å². The van der Waals surface area contributed by atoms with Gasteiger partial charge in [-0.05, 0) is 54.6 Å². The molecule has 1 aromatic carbocycles. The second-order valence-electron chi connectivity index (χ2n) is 5.58. The molecule has 0 aliphatic rings. The summed E-state index contributed by atoms with van der Waals surface area (Å²) in [6, 6.07) is 13.8. The van der Waals surface area contributed by atoms with Gasteiger partial charge in [0.05, 0.1) is 23.2 Å². The van der Waals surface area contributed by atoms with E-state index in [1.807, 2.05) is 18.2 Å². The number of benzene rings is 1. The van der Waals surface area contributed by atoms with Crippen LogP contribution in [0.3, 0.4) is 0 Å². The molecule has 4 rings (SSSR count). The predicted molar refractivity (Wildman–Crippen MR) is 89.5 cm³/mol. The van der Waals surface area contributed by atoms with E-state index >= 15 is 0 Å². The number of aromatic nitrogens is 3. The maximum absolute atomic E-state index is 12.8. The lowest BCUT2D eigenvalue weighted by atomic mass is 10.2. The van der Waals surface area contributed by atoms with Crippen molar-refractivity contribution in [3.8, 4) is 28.4 Å². The Balaban J connectivity index is 1.83. The van der Waals surface area contributed by atoms with Crippen LogP contribution in [-0.2, 0) is 6.18 Å². The Morgan fingerprint density at radius 2 is 1.65 bits per heavy atom. The third-order valence-electron chi connectivity index (χ3n) is 3.90. The SMILES string of the molecule is FC(F)(F)c1ccc(-n2nc(-c3ccncc3)cc2-c2ccco2)cc1. The number of furan rings is 1. The molecule has 0 bridgehead atoms. The highest BCUT2D eigenvalue weighted by atomic mass is 19.4. The summed E-state index contributed by atoms with van der Waals surface area (Å²) in [5.41, 5.74) is 1.95. The molecule has 4 nitrogen and oxygen atoms in total. The van der Waals surface area contributed by atoms with E-state index in [-0.39, 0.29) is 0 Å². The van der Waals surface area contributed by atoms with Crippen LogP contribution in [-0.4, -0.2) is 14.8 Å². The van der Waals surface area contributed by atoms with Gasteiger partial charge >= 0.3 is 6.18 Å². The van der Waals surface area contributed by atoms with Crippen LogP contribution in [0.1, 0.15) is 5.56 Å². The van der Waals surface area contributed by atoms with E-state index in [0.29, 0.717) is 22.8 Å². The molecule has 0 spiro atoms. The normalized spacial score (nSPS) is 11.7. The number of rotatable bonds is 3. The lowest BCUT2D eigenvalue weighted by Gasteiger charge is -2.09. The Morgan fingerprint density at radius 1 is 0.923 bits per heavy atom. The van der Waals surface area contributed by atoms with Crippen molar-refractivity contribution in [1.29, 1.82) is 0 Å². The molecule has 0 N–H and O–H groups in total. The Hall–Kier alpha value is -3.35. The van der Waals surface area contributed by atoms with Crippen LogP contribution in [0.25, 0.3) is 28.4 Å². The Kier molecular flexibility index (Phi) is 3.84. The maximum atomic E-state index is 12.8. The third-order valence-corrected chi connectivity index (χ3v) is 3.90. The van der Waals surface area contributed by atoms with Crippen molar-refractivity contribution < 1.29 is 17.6 Å². The van der Waals surface area contributed by atoms with E-state index in [2.05, 4.69) is 10.1 Å². The standard InChI is InChI=1S/C19H12F3N3O/c20-19(21,22)14-3-5-15(6-4-14)25-17(18-2-1-11-26-18)12-16(24-25)13-7-9-23-10-8-13/h1-12H. The minimum Gasteiger partial charge on any atom is -0.463 e. The minimum atomic E-state index is -4.38. The zero-order chi connectivity index (χ0) is 18.1. The molecule has 7 heteroatoms. The highest BCUT2D eigenvalue weighted by Crippen LogP contribution is 2.32. The molecule has 0 aliphatic heterocycles. The summed E-state index contributed by atoms with van der Waals surface area (Å²) in [5.74, 6) is 0.567. The Bertz CT molecular complexity index is 1000. The van der Waals surface area contributed by atoms with Gasteiger partial charge in [0.25, 0.3) is 0 Å².